The summed E-state index contributed by atoms with van der Waals surface area (Å²) in [5.74, 6) is 0.802. The number of benzene rings is 1. The maximum atomic E-state index is 12.3. The van der Waals surface area contributed by atoms with E-state index in [0.29, 0.717) is 36.7 Å². The van der Waals surface area contributed by atoms with Gasteiger partial charge in [0.25, 0.3) is 5.91 Å². The number of nitrogens with zero attached hydrogens (tertiary/aromatic N) is 5. The van der Waals surface area contributed by atoms with Gasteiger partial charge >= 0.3 is 0 Å². The summed E-state index contributed by atoms with van der Waals surface area (Å²) in [5, 5.41) is 24.0. The van der Waals surface area contributed by atoms with Gasteiger partial charge in [0.2, 0.25) is 0 Å². The number of carbonyl (C=O) groups excluding carboxylic acids is 1. The third kappa shape index (κ3) is 3.92. The van der Waals surface area contributed by atoms with Crippen LogP contribution in [0.5, 0.6) is 0 Å². The van der Waals surface area contributed by atoms with Crippen LogP contribution in [0.4, 0.5) is 0 Å². The maximum Gasteiger partial charge on any atom is 0.251 e. The van der Waals surface area contributed by atoms with Crippen molar-refractivity contribution in [2.24, 2.45) is 5.92 Å². The number of nitrogens with one attached hydrogen (secondary N) is 1. The largest absolute Gasteiger partial charge is 0.342 e. The van der Waals surface area contributed by atoms with Gasteiger partial charge in [-0.2, -0.15) is 10.1 Å². The third-order valence-corrected chi connectivity index (χ3v) is 3.81. The van der Waals surface area contributed by atoms with Crippen molar-refractivity contribution in [2.75, 3.05) is 0 Å². The van der Waals surface area contributed by atoms with Gasteiger partial charge in [0.05, 0.1) is 18.7 Å². The van der Waals surface area contributed by atoms with Crippen molar-refractivity contribution < 1.29 is 4.79 Å². The lowest BCUT2D eigenvalue weighted by molar-refractivity contribution is 0.0929. The zero-order chi connectivity index (χ0) is 16.1. The molecule has 0 aliphatic heterocycles. The second-order valence-corrected chi connectivity index (χ2v) is 5.66. The number of nitriles is 1. The molecule has 0 radical (unpaired) electrons. The average Bonchev–Trinajstić information content (AvgIpc) is 3.32. The highest BCUT2D eigenvalue weighted by Gasteiger charge is 2.36. The molecule has 1 heterocycles. The molecule has 1 aliphatic rings. The Bertz CT molecular complexity index is 701. The highest BCUT2D eigenvalue weighted by Crippen LogP contribution is 2.39. The van der Waals surface area contributed by atoms with E-state index < -0.39 is 0 Å². The number of aromatic nitrogens is 4. The van der Waals surface area contributed by atoms with E-state index in [-0.39, 0.29) is 11.9 Å². The minimum Gasteiger partial charge on any atom is -0.342 e. The number of amides is 1. The summed E-state index contributed by atoms with van der Waals surface area (Å²) in [6.07, 6.45) is 3.27. The number of unbranched alkanes of at least 4 members (excludes halogenated alkanes) is 1. The Kier molecular flexibility index (Phi) is 4.62. The molecule has 1 aromatic heterocycles. The fourth-order valence-corrected chi connectivity index (χ4v) is 2.41. The summed E-state index contributed by atoms with van der Waals surface area (Å²) in [5.41, 5.74) is 0.625. The van der Waals surface area contributed by atoms with Crippen LogP contribution in [-0.2, 0) is 6.54 Å². The monoisotopic (exact) mass is 310 g/mol. The Morgan fingerprint density at radius 1 is 1.39 bits per heavy atom. The standard InChI is InChI=1S/C16H18N6O/c17-10-4-5-11-22-20-15(19-21-22)14(12-8-9-12)18-16(23)13-6-2-1-3-7-13/h1-3,6-7,12,14H,4-5,8-9,11H2,(H,18,23)/t14-/m0/s1. The van der Waals surface area contributed by atoms with Gasteiger partial charge in [0, 0.05) is 12.0 Å². The van der Waals surface area contributed by atoms with Crippen LogP contribution >= 0.6 is 0 Å². The van der Waals surface area contributed by atoms with E-state index in [9.17, 15) is 4.79 Å². The van der Waals surface area contributed by atoms with Crippen LogP contribution in [0.15, 0.2) is 30.3 Å². The Morgan fingerprint density at radius 2 is 2.17 bits per heavy atom. The number of aryl methyl sites for hydroxylation is 1. The lowest BCUT2D eigenvalue weighted by atomic mass is 10.1. The smallest absolute Gasteiger partial charge is 0.251 e. The van der Waals surface area contributed by atoms with E-state index in [1.54, 1.807) is 12.1 Å². The molecular formula is C16H18N6O. The van der Waals surface area contributed by atoms with Gasteiger partial charge in [0.1, 0.15) is 0 Å². The van der Waals surface area contributed by atoms with Crippen molar-refractivity contribution in [3.8, 4) is 6.07 Å². The Hall–Kier alpha value is -2.75. The second-order valence-electron chi connectivity index (χ2n) is 5.66. The molecule has 0 saturated heterocycles. The Morgan fingerprint density at radius 3 is 2.87 bits per heavy atom. The predicted octanol–water partition coefficient (Wildman–Crippen LogP) is 1.86. The van der Waals surface area contributed by atoms with Gasteiger partial charge in [-0.05, 0) is 42.5 Å². The molecule has 0 unspecified atom stereocenters. The van der Waals surface area contributed by atoms with Crippen LogP contribution in [-0.4, -0.2) is 26.1 Å². The van der Waals surface area contributed by atoms with Gasteiger partial charge in [-0.3, -0.25) is 4.79 Å². The first-order valence-corrected chi connectivity index (χ1v) is 7.78. The Balaban J connectivity index is 1.67. The topological polar surface area (TPSA) is 96.5 Å². The van der Waals surface area contributed by atoms with E-state index in [0.717, 1.165) is 12.8 Å². The fourth-order valence-electron chi connectivity index (χ4n) is 2.41. The zero-order valence-corrected chi connectivity index (χ0v) is 12.7. The van der Waals surface area contributed by atoms with Crippen LogP contribution in [0.25, 0.3) is 0 Å². The summed E-state index contributed by atoms with van der Waals surface area (Å²) in [6, 6.07) is 11.0. The van der Waals surface area contributed by atoms with Crippen molar-refractivity contribution in [3.63, 3.8) is 0 Å². The van der Waals surface area contributed by atoms with Crippen molar-refractivity contribution in [1.82, 2.24) is 25.5 Å². The van der Waals surface area contributed by atoms with Gasteiger partial charge in [-0.25, -0.2) is 0 Å². The van der Waals surface area contributed by atoms with Crippen molar-refractivity contribution >= 4 is 5.91 Å². The molecule has 1 amide bonds. The minimum absolute atomic E-state index is 0.122. The predicted molar refractivity (Wildman–Crippen MR) is 82.0 cm³/mol. The molecule has 118 valence electrons. The van der Waals surface area contributed by atoms with Gasteiger partial charge in [0.15, 0.2) is 5.82 Å². The molecule has 7 heteroatoms. The molecule has 1 saturated carbocycles. The Labute approximate surface area is 134 Å². The molecule has 1 aliphatic carbocycles. The molecule has 7 nitrogen and oxygen atoms in total. The number of carbonyl (C=O) groups is 1. The first-order chi connectivity index (χ1) is 11.3. The summed E-state index contributed by atoms with van der Waals surface area (Å²) < 4.78 is 0. The number of tetrazole rings is 1. The molecule has 1 fully saturated rings. The van der Waals surface area contributed by atoms with E-state index in [2.05, 4.69) is 26.8 Å². The quantitative estimate of drug-likeness (QED) is 0.787. The summed E-state index contributed by atoms with van der Waals surface area (Å²) in [7, 11) is 0. The molecule has 3 rings (SSSR count). The van der Waals surface area contributed by atoms with E-state index in [4.69, 9.17) is 5.26 Å². The van der Waals surface area contributed by atoms with Gasteiger partial charge in [-0.15, -0.1) is 10.2 Å². The van der Waals surface area contributed by atoms with E-state index in [1.807, 2.05) is 18.2 Å². The first-order valence-electron chi connectivity index (χ1n) is 7.78. The maximum absolute atomic E-state index is 12.3. The molecule has 1 N–H and O–H groups in total. The molecule has 1 aromatic carbocycles. The normalized spacial score (nSPS) is 14.9. The highest BCUT2D eigenvalue weighted by molar-refractivity contribution is 5.94. The first kappa shape index (κ1) is 15.2. The molecule has 0 bridgehead atoms. The average molecular weight is 310 g/mol. The third-order valence-electron chi connectivity index (χ3n) is 3.81. The molecular weight excluding hydrogens is 292 g/mol. The lowest BCUT2D eigenvalue weighted by Gasteiger charge is -2.14. The van der Waals surface area contributed by atoms with Crippen molar-refractivity contribution in [1.29, 1.82) is 5.26 Å². The second kappa shape index (κ2) is 7.01. The molecule has 23 heavy (non-hydrogen) atoms. The fraction of sp³-hybridized carbons (Fsp3) is 0.438. The van der Waals surface area contributed by atoms with Crippen LogP contribution < -0.4 is 5.32 Å². The van der Waals surface area contributed by atoms with Gasteiger partial charge in [-0.1, -0.05) is 18.2 Å². The summed E-state index contributed by atoms with van der Waals surface area (Å²) >= 11 is 0. The highest BCUT2D eigenvalue weighted by atomic mass is 16.1. The van der Waals surface area contributed by atoms with Gasteiger partial charge < -0.3 is 5.32 Å². The molecule has 2 aromatic rings. The summed E-state index contributed by atoms with van der Waals surface area (Å²) in [6.45, 7) is 0.560. The number of rotatable bonds is 7. The van der Waals surface area contributed by atoms with Crippen molar-refractivity contribution in [3.05, 3.63) is 41.7 Å². The van der Waals surface area contributed by atoms with E-state index >= 15 is 0 Å². The van der Waals surface area contributed by atoms with Crippen LogP contribution in [0.3, 0.4) is 0 Å². The lowest BCUT2D eigenvalue weighted by Crippen LogP contribution is -2.30. The molecule has 1 atom stereocenters. The van der Waals surface area contributed by atoms with E-state index in [1.165, 1.54) is 4.80 Å². The van der Waals surface area contributed by atoms with Crippen LogP contribution in [0.2, 0.25) is 0 Å². The molecule has 0 spiro atoms. The summed E-state index contributed by atoms with van der Waals surface area (Å²) in [4.78, 5) is 13.8. The number of hydrogen-bond acceptors (Lipinski definition) is 5. The number of hydrogen-bond donors (Lipinski definition) is 1. The van der Waals surface area contributed by atoms with Crippen LogP contribution in [0, 0.1) is 17.2 Å². The zero-order valence-electron chi connectivity index (χ0n) is 12.7. The van der Waals surface area contributed by atoms with Crippen LogP contribution in [0.1, 0.15) is 47.9 Å². The SMILES string of the molecule is N#CCCCn1nnc([C@@H](NC(=O)c2ccccc2)C2CC2)n1. The minimum atomic E-state index is -0.201. The van der Waals surface area contributed by atoms with Crippen molar-refractivity contribution in [2.45, 2.75) is 38.3 Å².